The van der Waals surface area contributed by atoms with Gasteiger partial charge in [-0.2, -0.15) is 0 Å². The predicted octanol–water partition coefficient (Wildman–Crippen LogP) is 12.7. The summed E-state index contributed by atoms with van der Waals surface area (Å²) in [5.74, 6) is 1.09. The third kappa shape index (κ3) is 5.85. The van der Waals surface area contributed by atoms with E-state index in [0.717, 1.165) is 53.3 Å². The lowest BCUT2D eigenvalue weighted by molar-refractivity contribution is 0.637. The standard InChI is InChI=1S/C49H47N5/c1-33(2)27-35-15-13-16-36(28-34(3)4)48(35)47-31-50-49-43-30-40(25-26-41(43)42-21-9-10-22-44(42)54(47)49)53(37-17-7-6-8-18-37)39-20-14-19-38(29-39)52-32-51(5)45-23-11-12-24-46(45)52/h6-26,29-31,33-34H,27-28,32H2,1-5H3. The van der Waals surface area contributed by atoms with Crippen molar-refractivity contribution >= 4 is 61.4 Å². The molecule has 0 fully saturated rings. The van der Waals surface area contributed by atoms with E-state index < -0.39 is 0 Å². The summed E-state index contributed by atoms with van der Waals surface area (Å²) in [6, 6.07) is 50.9. The van der Waals surface area contributed by atoms with Crippen molar-refractivity contribution in [3.8, 4) is 11.3 Å². The van der Waals surface area contributed by atoms with E-state index in [4.69, 9.17) is 4.98 Å². The number of pyridine rings is 1. The van der Waals surface area contributed by atoms with Crippen molar-refractivity contribution < 1.29 is 0 Å². The van der Waals surface area contributed by atoms with Crippen LogP contribution in [0.2, 0.25) is 0 Å². The molecule has 9 rings (SSSR count). The summed E-state index contributed by atoms with van der Waals surface area (Å²) in [6.45, 7) is 10.1. The number of aromatic nitrogens is 2. The number of imidazole rings is 1. The highest BCUT2D eigenvalue weighted by atomic mass is 15.4. The fraction of sp³-hybridized carbons (Fsp3) is 0.204. The Hall–Kier alpha value is -6.07. The van der Waals surface area contributed by atoms with E-state index >= 15 is 0 Å². The van der Waals surface area contributed by atoms with Crippen LogP contribution in [-0.2, 0) is 12.8 Å². The molecule has 0 N–H and O–H groups in total. The largest absolute Gasteiger partial charge is 0.355 e. The molecule has 54 heavy (non-hydrogen) atoms. The monoisotopic (exact) mass is 705 g/mol. The van der Waals surface area contributed by atoms with Gasteiger partial charge in [-0.25, -0.2) is 4.98 Å². The summed E-state index contributed by atoms with van der Waals surface area (Å²) in [5.41, 5.74) is 14.4. The van der Waals surface area contributed by atoms with Crippen molar-refractivity contribution in [1.82, 2.24) is 9.38 Å². The highest BCUT2D eigenvalue weighted by molar-refractivity contribution is 6.13. The molecule has 8 aromatic rings. The van der Waals surface area contributed by atoms with Crippen LogP contribution in [0.4, 0.5) is 34.1 Å². The highest BCUT2D eigenvalue weighted by Crippen LogP contribution is 2.44. The third-order valence-electron chi connectivity index (χ3n) is 10.8. The minimum atomic E-state index is 0.543. The molecule has 2 aromatic heterocycles. The second-order valence-corrected chi connectivity index (χ2v) is 15.6. The molecule has 1 aliphatic rings. The summed E-state index contributed by atoms with van der Waals surface area (Å²) in [4.78, 5) is 12.4. The van der Waals surface area contributed by atoms with Crippen molar-refractivity contribution in [2.24, 2.45) is 11.8 Å². The van der Waals surface area contributed by atoms with E-state index in [1.165, 1.54) is 50.0 Å². The zero-order valence-corrected chi connectivity index (χ0v) is 31.9. The first-order valence-corrected chi connectivity index (χ1v) is 19.3. The van der Waals surface area contributed by atoms with Crippen molar-refractivity contribution in [3.63, 3.8) is 0 Å². The first-order valence-electron chi connectivity index (χ1n) is 19.3. The molecule has 0 radical (unpaired) electrons. The van der Waals surface area contributed by atoms with E-state index in [-0.39, 0.29) is 0 Å². The molecule has 3 heterocycles. The van der Waals surface area contributed by atoms with Gasteiger partial charge in [0.25, 0.3) is 0 Å². The zero-order chi connectivity index (χ0) is 36.9. The highest BCUT2D eigenvalue weighted by Gasteiger charge is 2.25. The molecule has 0 unspecified atom stereocenters. The minimum Gasteiger partial charge on any atom is -0.355 e. The Morgan fingerprint density at radius 1 is 0.593 bits per heavy atom. The second kappa shape index (κ2) is 13.7. The zero-order valence-electron chi connectivity index (χ0n) is 31.9. The van der Waals surface area contributed by atoms with Gasteiger partial charge in [-0.1, -0.05) is 107 Å². The number of para-hydroxylation sites is 4. The van der Waals surface area contributed by atoms with Crippen molar-refractivity contribution in [2.45, 2.75) is 40.5 Å². The van der Waals surface area contributed by atoms with Crippen LogP contribution in [0, 0.1) is 11.8 Å². The number of rotatable bonds is 9. The molecule has 6 aromatic carbocycles. The fourth-order valence-electron chi connectivity index (χ4n) is 8.58. The average Bonchev–Trinajstić information content (AvgIpc) is 3.77. The van der Waals surface area contributed by atoms with E-state index in [2.05, 4.69) is 200 Å². The topological polar surface area (TPSA) is 27.0 Å². The summed E-state index contributed by atoms with van der Waals surface area (Å²) < 4.78 is 2.43. The molecule has 0 bridgehead atoms. The Morgan fingerprint density at radius 3 is 2.00 bits per heavy atom. The van der Waals surface area contributed by atoms with E-state index in [1.54, 1.807) is 0 Å². The van der Waals surface area contributed by atoms with Crippen LogP contribution in [0.15, 0.2) is 146 Å². The number of fused-ring (bicyclic) bond motifs is 7. The normalized spacial score (nSPS) is 12.9. The lowest BCUT2D eigenvalue weighted by atomic mass is 9.89. The molecule has 0 saturated carbocycles. The van der Waals surface area contributed by atoms with Crippen LogP contribution < -0.4 is 14.7 Å². The van der Waals surface area contributed by atoms with Crippen LogP contribution in [0.1, 0.15) is 38.8 Å². The van der Waals surface area contributed by atoms with Crippen LogP contribution in [0.5, 0.6) is 0 Å². The molecular weight excluding hydrogens is 659 g/mol. The first-order chi connectivity index (χ1) is 26.4. The van der Waals surface area contributed by atoms with Gasteiger partial charge in [0, 0.05) is 46.1 Å². The SMILES string of the molecule is CC(C)Cc1cccc(CC(C)C)c1-c1cnc2c3cc(N(c4ccccc4)c4cccc(N5CN(C)c6ccccc65)c4)ccc3c3ccccc3n12. The second-order valence-electron chi connectivity index (χ2n) is 15.6. The smallest absolute Gasteiger partial charge is 0.145 e. The number of hydrogen-bond acceptors (Lipinski definition) is 4. The Balaban J connectivity index is 1.26. The van der Waals surface area contributed by atoms with Gasteiger partial charge < -0.3 is 14.7 Å². The number of hydrogen-bond donors (Lipinski definition) is 0. The van der Waals surface area contributed by atoms with E-state index in [1.807, 2.05) is 0 Å². The van der Waals surface area contributed by atoms with Crippen LogP contribution in [0.3, 0.4) is 0 Å². The number of benzene rings is 6. The van der Waals surface area contributed by atoms with Crippen molar-refractivity contribution in [3.05, 3.63) is 157 Å². The maximum absolute atomic E-state index is 5.29. The lowest BCUT2D eigenvalue weighted by Gasteiger charge is -2.28. The van der Waals surface area contributed by atoms with E-state index in [9.17, 15) is 0 Å². The van der Waals surface area contributed by atoms with Crippen LogP contribution in [0.25, 0.3) is 38.6 Å². The molecule has 5 nitrogen and oxygen atoms in total. The van der Waals surface area contributed by atoms with Gasteiger partial charge in [0.1, 0.15) is 5.65 Å². The quantitative estimate of drug-likeness (QED) is 0.140. The van der Waals surface area contributed by atoms with E-state index in [0.29, 0.717) is 11.8 Å². The molecule has 0 aliphatic carbocycles. The molecule has 268 valence electrons. The Kier molecular flexibility index (Phi) is 8.58. The summed E-state index contributed by atoms with van der Waals surface area (Å²) >= 11 is 0. The van der Waals surface area contributed by atoms with Crippen LogP contribution >= 0.6 is 0 Å². The molecule has 0 spiro atoms. The first kappa shape index (κ1) is 33.7. The molecule has 0 saturated heterocycles. The Morgan fingerprint density at radius 2 is 1.24 bits per heavy atom. The number of nitrogens with zero attached hydrogens (tertiary/aromatic N) is 5. The van der Waals surface area contributed by atoms with Gasteiger partial charge in [-0.15, -0.1) is 0 Å². The summed E-state index contributed by atoms with van der Waals surface area (Å²) in [5, 5.41) is 3.56. The van der Waals surface area contributed by atoms with Gasteiger partial charge >= 0.3 is 0 Å². The van der Waals surface area contributed by atoms with Gasteiger partial charge in [-0.05, 0) is 102 Å². The van der Waals surface area contributed by atoms with Crippen molar-refractivity contribution in [1.29, 1.82) is 0 Å². The molecule has 1 aliphatic heterocycles. The van der Waals surface area contributed by atoms with Gasteiger partial charge in [0.2, 0.25) is 0 Å². The van der Waals surface area contributed by atoms with Crippen molar-refractivity contribution in [2.75, 3.05) is 28.4 Å². The maximum atomic E-state index is 5.29. The fourth-order valence-corrected chi connectivity index (χ4v) is 8.58. The minimum absolute atomic E-state index is 0.543. The lowest BCUT2D eigenvalue weighted by Crippen LogP contribution is -2.24. The van der Waals surface area contributed by atoms with Gasteiger partial charge in [-0.3, -0.25) is 4.40 Å². The van der Waals surface area contributed by atoms with Gasteiger partial charge in [0.05, 0.1) is 35.5 Å². The van der Waals surface area contributed by atoms with Crippen LogP contribution in [-0.4, -0.2) is 23.1 Å². The third-order valence-corrected chi connectivity index (χ3v) is 10.8. The Labute approximate surface area is 318 Å². The summed E-state index contributed by atoms with van der Waals surface area (Å²) in [6.07, 6.45) is 4.17. The number of anilines is 6. The molecule has 5 heteroatoms. The Bertz CT molecular complexity index is 2610. The molecule has 0 amide bonds. The maximum Gasteiger partial charge on any atom is 0.145 e. The van der Waals surface area contributed by atoms with Gasteiger partial charge in [0.15, 0.2) is 0 Å². The molecular formula is C49H47N5. The molecule has 0 atom stereocenters. The summed E-state index contributed by atoms with van der Waals surface area (Å²) in [7, 11) is 2.16. The average molecular weight is 706 g/mol. The predicted molar refractivity (Wildman–Crippen MR) is 229 cm³/mol.